The Kier molecular flexibility index (Phi) is 8.73. The first-order chi connectivity index (χ1) is 18.4. The summed E-state index contributed by atoms with van der Waals surface area (Å²) in [5.41, 5.74) is 1.85. The molecule has 2 aromatic heterocycles. The van der Waals surface area contributed by atoms with Crippen LogP contribution < -0.4 is 4.90 Å². The minimum Gasteiger partial charge on any atom is -0.475 e. The van der Waals surface area contributed by atoms with E-state index in [0.717, 1.165) is 51.6 Å². The van der Waals surface area contributed by atoms with E-state index in [9.17, 15) is 26.3 Å². The number of aliphatic carboxylic acids is 1. The van der Waals surface area contributed by atoms with E-state index in [4.69, 9.17) is 9.90 Å². The number of H-pyrrole nitrogens is 1. The molecule has 2 aliphatic rings. The van der Waals surface area contributed by atoms with Crippen molar-refractivity contribution in [3.05, 3.63) is 59.9 Å². The second kappa shape index (κ2) is 11.8. The van der Waals surface area contributed by atoms with Gasteiger partial charge in [-0.05, 0) is 74.4 Å². The Morgan fingerprint density at radius 3 is 2.18 bits per heavy atom. The number of anilines is 1. The Bertz CT molecular complexity index is 1240. The van der Waals surface area contributed by atoms with E-state index in [1.807, 2.05) is 4.90 Å². The quantitative estimate of drug-likeness (QED) is 0.369. The van der Waals surface area contributed by atoms with Crippen LogP contribution in [0.15, 0.2) is 48.7 Å². The van der Waals surface area contributed by atoms with Crippen molar-refractivity contribution in [2.24, 2.45) is 5.92 Å². The number of likely N-dealkylation sites (tertiary alicyclic amines) is 1. The minimum atomic E-state index is -5.08. The lowest BCUT2D eigenvalue weighted by Gasteiger charge is -2.38. The van der Waals surface area contributed by atoms with Gasteiger partial charge >= 0.3 is 18.3 Å². The van der Waals surface area contributed by atoms with Gasteiger partial charge in [-0.25, -0.2) is 9.78 Å². The molecule has 2 saturated heterocycles. The van der Waals surface area contributed by atoms with E-state index in [1.165, 1.54) is 35.4 Å². The number of aromatic nitrogens is 2. The predicted molar refractivity (Wildman–Crippen MR) is 135 cm³/mol. The van der Waals surface area contributed by atoms with E-state index in [1.54, 1.807) is 6.07 Å². The van der Waals surface area contributed by atoms with Gasteiger partial charge in [0.1, 0.15) is 11.5 Å². The molecule has 2 fully saturated rings. The third kappa shape index (κ3) is 7.43. The van der Waals surface area contributed by atoms with E-state index in [-0.39, 0.29) is 0 Å². The minimum absolute atomic E-state index is 0.442. The van der Waals surface area contributed by atoms with Crippen LogP contribution in [0.2, 0.25) is 0 Å². The number of benzene rings is 1. The molecule has 39 heavy (non-hydrogen) atoms. The number of rotatable bonds is 4. The number of hydrogen-bond acceptors (Lipinski definition) is 4. The van der Waals surface area contributed by atoms with Crippen LogP contribution in [0.5, 0.6) is 0 Å². The predicted octanol–water partition coefficient (Wildman–Crippen LogP) is 6.31. The van der Waals surface area contributed by atoms with Gasteiger partial charge < -0.3 is 19.9 Å². The Morgan fingerprint density at radius 2 is 1.56 bits per heavy atom. The van der Waals surface area contributed by atoms with Gasteiger partial charge in [-0.2, -0.15) is 26.3 Å². The van der Waals surface area contributed by atoms with Crippen molar-refractivity contribution in [1.82, 2.24) is 14.9 Å². The Labute approximate surface area is 221 Å². The van der Waals surface area contributed by atoms with Crippen LogP contribution in [0.25, 0.3) is 10.9 Å². The molecule has 212 valence electrons. The van der Waals surface area contributed by atoms with Crippen LogP contribution in [0.3, 0.4) is 0 Å². The van der Waals surface area contributed by atoms with E-state index >= 15 is 0 Å². The van der Waals surface area contributed by atoms with Crippen molar-refractivity contribution in [2.75, 3.05) is 37.6 Å². The Hall–Kier alpha value is -3.28. The van der Waals surface area contributed by atoms with Crippen molar-refractivity contribution in [3.8, 4) is 0 Å². The molecule has 5 rings (SSSR count). The van der Waals surface area contributed by atoms with Crippen molar-refractivity contribution in [1.29, 1.82) is 0 Å². The molecule has 2 N–H and O–H groups in total. The van der Waals surface area contributed by atoms with Crippen molar-refractivity contribution in [3.63, 3.8) is 0 Å². The van der Waals surface area contributed by atoms with E-state index < -0.39 is 24.0 Å². The number of alkyl halides is 6. The number of nitrogens with zero attached hydrogens (tertiary/aromatic N) is 3. The van der Waals surface area contributed by atoms with Crippen molar-refractivity contribution < 1.29 is 36.2 Å². The molecule has 0 spiro atoms. The molecule has 4 heterocycles. The summed E-state index contributed by atoms with van der Waals surface area (Å²) in [7, 11) is 0. The number of para-hydroxylation sites is 1. The molecule has 0 bridgehead atoms. The zero-order valence-corrected chi connectivity index (χ0v) is 21.1. The molecule has 2 aliphatic heterocycles. The summed E-state index contributed by atoms with van der Waals surface area (Å²) in [5, 5.41) is 8.47. The Morgan fingerprint density at radius 1 is 0.923 bits per heavy atom. The molecule has 1 aromatic carbocycles. The summed E-state index contributed by atoms with van der Waals surface area (Å²) in [4.78, 5) is 20.7. The zero-order valence-electron chi connectivity index (χ0n) is 21.1. The number of carbonyl (C=O) groups is 1. The van der Waals surface area contributed by atoms with Crippen LogP contribution in [0.1, 0.15) is 42.9 Å². The van der Waals surface area contributed by atoms with Gasteiger partial charge in [-0.3, -0.25) is 0 Å². The summed E-state index contributed by atoms with van der Waals surface area (Å²) >= 11 is 0. The molecular weight excluding hydrogens is 526 g/mol. The monoisotopic (exact) mass is 556 g/mol. The molecule has 0 aliphatic carbocycles. The van der Waals surface area contributed by atoms with Crippen molar-refractivity contribution in [2.45, 2.75) is 44.0 Å². The first-order valence-electron chi connectivity index (χ1n) is 12.8. The average Bonchev–Trinajstić information content (AvgIpc) is 3.33. The molecular formula is C27H30F6N4O2. The fourth-order valence-corrected chi connectivity index (χ4v) is 5.33. The Balaban J connectivity index is 0.000000448. The van der Waals surface area contributed by atoms with Gasteiger partial charge in [0.2, 0.25) is 0 Å². The maximum atomic E-state index is 13.0. The molecule has 6 nitrogen and oxygen atoms in total. The van der Waals surface area contributed by atoms with Crippen LogP contribution in [-0.4, -0.2) is 64.8 Å². The van der Waals surface area contributed by atoms with Gasteiger partial charge in [0, 0.05) is 36.7 Å². The molecule has 0 radical (unpaired) electrons. The molecule has 3 aromatic rings. The highest BCUT2D eigenvalue weighted by Crippen LogP contribution is 2.34. The number of hydrogen-bond donors (Lipinski definition) is 2. The topological polar surface area (TPSA) is 72.5 Å². The summed E-state index contributed by atoms with van der Waals surface area (Å²) in [6, 6.07) is 12.7. The molecule has 0 unspecified atom stereocenters. The van der Waals surface area contributed by atoms with Gasteiger partial charge in [-0.15, -0.1) is 0 Å². The molecule has 12 heteroatoms. The van der Waals surface area contributed by atoms with Crippen molar-refractivity contribution >= 4 is 22.7 Å². The average molecular weight is 557 g/mol. The number of fused-ring (bicyclic) bond motifs is 1. The maximum absolute atomic E-state index is 13.0. The standard InChI is InChI=1S/C25H29F3N4.C2HF3O2/c26-25(27,28)23-6-3-7-24(30-23)32-14-8-18(9-15-32)17-31-12-10-19(11-13-31)21-16-29-22-5-2-1-4-20(21)22;3-2(4,5)1(6)7/h1-7,16,18-19,29H,8-15,17H2;(H,6,7). The number of aromatic amines is 1. The summed E-state index contributed by atoms with van der Waals surface area (Å²) in [5.74, 6) is -1.11. The largest absolute Gasteiger partial charge is 0.490 e. The number of halogens is 6. The van der Waals surface area contributed by atoms with E-state index in [2.05, 4.69) is 45.3 Å². The maximum Gasteiger partial charge on any atom is 0.490 e. The number of piperidine rings is 2. The molecule has 0 saturated carbocycles. The van der Waals surface area contributed by atoms with Crippen LogP contribution >= 0.6 is 0 Å². The van der Waals surface area contributed by atoms with Gasteiger partial charge in [0.05, 0.1) is 0 Å². The fraction of sp³-hybridized carbons (Fsp3) is 0.481. The lowest BCUT2D eigenvalue weighted by atomic mass is 9.88. The van der Waals surface area contributed by atoms with Gasteiger partial charge in [-0.1, -0.05) is 24.3 Å². The van der Waals surface area contributed by atoms with Gasteiger partial charge in [0.25, 0.3) is 0 Å². The molecule has 0 atom stereocenters. The SMILES string of the molecule is FC(F)(F)c1cccc(N2CCC(CN3CCC(c4c[nH]c5ccccc45)CC3)CC2)n1.O=C(O)C(F)(F)F. The summed E-state index contributed by atoms with van der Waals surface area (Å²) < 4.78 is 70.6. The van der Waals surface area contributed by atoms with Crippen LogP contribution in [0.4, 0.5) is 32.2 Å². The van der Waals surface area contributed by atoms with Crippen LogP contribution in [-0.2, 0) is 11.0 Å². The first-order valence-corrected chi connectivity index (χ1v) is 12.8. The smallest absolute Gasteiger partial charge is 0.475 e. The first kappa shape index (κ1) is 28.7. The summed E-state index contributed by atoms with van der Waals surface area (Å²) in [6.07, 6.45) is -2.94. The third-order valence-corrected chi connectivity index (χ3v) is 7.37. The lowest BCUT2D eigenvalue weighted by Crippen LogP contribution is -2.41. The lowest BCUT2D eigenvalue weighted by molar-refractivity contribution is -0.192. The van der Waals surface area contributed by atoms with Crippen LogP contribution in [0, 0.1) is 5.92 Å². The highest BCUT2D eigenvalue weighted by molar-refractivity contribution is 5.83. The molecule has 0 amide bonds. The normalized spacial score (nSPS) is 18.2. The van der Waals surface area contributed by atoms with E-state index in [0.29, 0.717) is 17.7 Å². The highest BCUT2D eigenvalue weighted by Gasteiger charge is 2.38. The second-order valence-corrected chi connectivity index (χ2v) is 9.98. The fourth-order valence-electron chi connectivity index (χ4n) is 5.33. The number of nitrogens with one attached hydrogen (secondary N) is 1. The highest BCUT2D eigenvalue weighted by atomic mass is 19.4. The second-order valence-electron chi connectivity index (χ2n) is 9.98. The summed E-state index contributed by atoms with van der Waals surface area (Å²) in [6.45, 7) is 4.85. The number of pyridine rings is 1. The zero-order chi connectivity index (χ0) is 28.2. The number of carboxylic acid groups (broad SMARTS) is 1. The number of carboxylic acids is 1. The van der Waals surface area contributed by atoms with Gasteiger partial charge in [0.15, 0.2) is 0 Å². The third-order valence-electron chi connectivity index (χ3n) is 7.37.